The predicted molar refractivity (Wildman–Crippen MR) is 95.8 cm³/mol. The van der Waals surface area contributed by atoms with Crippen molar-refractivity contribution in [3.8, 4) is 21.8 Å². The fourth-order valence-electron chi connectivity index (χ4n) is 2.41. The van der Waals surface area contributed by atoms with Crippen molar-refractivity contribution in [2.45, 2.75) is 20.3 Å². The van der Waals surface area contributed by atoms with Gasteiger partial charge in [-0.25, -0.2) is 9.37 Å². The van der Waals surface area contributed by atoms with Crippen LogP contribution in [0, 0.1) is 12.7 Å². The maximum absolute atomic E-state index is 13.8. The SMILES string of the molecule is CCOC(=O)Cc1nc(-c2ccc(-c3ccccc3F)nc2)sc1C. The van der Waals surface area contributed by atoms with Crippen molar-refractivity contribution in [2.75, 3.05) is 6.61 Å². The molecule has 0 amide bonds. The van der Waals surface area contributed by atoms with Crippen LogP contribution in [0.3, 0.4) is 0 Å². The number of carbonyl (C=O) groups excluding carboxylic acids is 1. The molecule has 0 fully saturated rings. The van der Waals surface area contributed by atoms with Crippen LogP contribution in [0.1, 0.15) is 17.5 Å². The molecule has 0 saturated carbocycles. The smallest absolute Gasteiger partial charge is 0.311 e. The summed E-state index contributed by atoms with van der Waals surface area (Å²) >= 11 is 1.50. The summed E-state index contributed by atoms with van der Waals surface area (Å²) in [6.45, 7) is 4.06. The first-order chi connectivity index (χ1) is 12.1. The Bertz CT molecular complexity index is 891. The van der Waals surface area contributed by atoms with E-state index in [1.165, 1.54) is 17.4 Å². The third-order valence-electron chi connectivity index (χ3n) is 3.67. The second kappa shape index (κ2) is 7.53. The number of aryl methyl sites for hydroxylation is 1. The molecule has 0 radical (unpaired) electrons. The number of benzene rings is 1. The van der Waals surface area contributed by atoms with Crippen molar-refractivity contribution >= 4 is 17.3 Å². The van der Waals surface area contributed by atoms with Crippen LogP contribution in [0.5, 0.6) is 0 Å². The molecule has 0 atom stereocenters. The van der Waals surface area contributed by atoms with Crippen molar-refractivity contribution < 1.29 is 13.9 Å². The van der Waals surface area contributed by atoms with Gasteiger partial charge in [-0.2, -0.15) is 0 Å². The van der Waals surface area contributed by atoms with E-state index >= 15 is 0 Å². The van der Waals surface area contributed by atoms with E-state index in [1.807, 2.05) is 13.0 Å². The predicted octanol–water partition coefficient (Wildman–Crippen LogP) is 4.43. The van der Waals surface area contributed by atoms with Crippen molar-refractivity contribution in [3.63, 3.8) is 0 Å². The molecule has 0 spiro atoms. The summed E-state index contributed by atoms with van der Waals surface area (Å²) in [5, 5.41) is 0.782. The summed E-state index contributed by atoms with van der Waals surface area (Å²) in [4.78, 5) is 21.5. The number of esters is 1. The fourth-order valence-corrected chi connectivity index (χ4v) is 3.33. The molecule has 0 N–H and O–H groups in total. The highest BCUT2D eigenvalue weighted by molar-refractivity contribution is 7.15. The second-order valence-electron chi connectivity index (χ2n) is 5.42. The molecule has 6 heteroatoms. The van der Waals surface area contributed by atoms with Gasteiger partial charge in [-0.05, 0) is 38.1 Å². The van der Waals surface area contributed by atoms with Crippen LogP contribution in [-0.4, -0.2) is 22.5 Å². The minimum atomic E-state index is -0.301. The lowest BCUT2D eigenvalue weighted by molar-refractivity contribution is -0.142. The Morgan fingerprint density at radius 2 is 2.04 bits per heavy atom. The highest BCUT2D eigenvalue weighted by atomic mass is 32.1. The van der Waals surface area contributed by atoms with Gasteiger partial charge in [0.05, 0.1) is 24.4 Å². The van der Waals surface area contributed by atoms with Gasteiger partial charge in [0.25, 0.3) is 0 Å². The minimum absolute atomic E-state index is 0.164. The van der Waals surface area contributed by atoms with Crippen LogP contribution in [0.25, 0.3) is 21.8 Å². The number of aromatic nitrogens is 2. The molecule has 0 aliphatic carbocycles. The first-order valence-electron chi connectivity index (χ1n) is 7.91. The Morgan fingerprint density at radius 1 is 1.24 bits per heavy atom. The molecule has 2 heterocycles. The van der Waals surface area contributed by atoms with E-state index < -0.39 is 0 Å². The van der Waals surface area contributed by atoms with Gasteiger partial charge in [-0.15, -0.1) is 11.3 Å². The first kappa shape index (κ1) is 17.2. The number of hydrogen-bond acceptors (Lipinski definition) is 5. The summed E-state index contributed by atoms with van der Waals surface area (Å²) in [6.07, 6.45) is 1.84. The van der Waals surface area contributed by atoms with Crippen LogP contribution in [0.15, 0.2) is 42.6 Å². The van der Waals surface area contributed by atoms with Crippen LogP contribution in [-0.2, 0) is 16.0 Å². The third-order valence-corrected chi connectivity index (χ3v) is 4.73. The molecule has 2 aromatic heterocycles. The van der Waals surface area contributed by atoms with E-state index in [4.69, 9.17) is 4.74 Å². The van der Waals surface area contributed by atoms with Gasteiger partial charge in [0.2, 0.25) is 0 Å². The topological polar surface area (TPSA) is 52.1 Å². The standard InChI is InChI=1S/C19H17FN2O2S/c1-3-24-18(23)10-17-12(2)25-19(22-17)13-8-9-16(21-11-13)14-6-4-5-7-15(14)20/h4-9,11H,3,10H2,1-2H3. The molecule has 4 nitrogen and oxygen atoms in total. The molecule has 3 rings (SSSR count). The van der Waals surface area contributed by atoms with Crippen molar-refractivity contribution in [2.24, 2.45) is 0 Å². The Labute approximate surface area is 149 Å². The van der Waals surface area contributed by atoms with Gasteiger partial charge in [0.15, 0.2) is 0 Å². The normalized spacial score (nSPS) is 10.7. The number of halogens is 1. The average molecular weight is 356 g/mol. The van der Waals surface area contributed by atoms with Gasteiger partial charge in [0, 0.05) is 22.2 Å². The van der Waals surface area contributed by atoms with E-state index in [2.05, 4.69) is 9.97 Å². The molecule has 128 valence electrons. The van der Waals surface area contributed by atoms with E-state index in [0.717, 1.165) is 21.1 Å². The van der Waals surface area contributed by atoms with Gasteiger partial charge in [-0.3, -0.25) is 9.78 Å². The molecular formula is C19H17FN2O2S. The second-order valence-corrected chi connectivity index (χ2v) is 6.62. The Hall–Kier alpha value is -2.60. The molecule has 25 heavy (non-hydrogen) atoms. The highest BCUT2D eigenvalue weighted by Gasteiger charge is 2.14. The minimum Gasteiger partial charge on any atom is -0.466 e. The van der Waals surface area contributed by atoms with E-state index in [0.29, 0.717) is 17.9 Å². The Kier molecular flexibility index (Phi) is 5.19. The number of pyridine rings is 1. The molecule has 0 aliphatic heterocycles. The molecular weight excluding hydrogens is 339 g/mol. The summed E-state index contributed by atoms with van der Waals surface area (Å²) in [5.41, 5.74) is 2.59. The van der Waals surface area contributed by atoms with Gasteiger partial charge >= 0.3 is 5.97 Å². The van der Waals surface area contributed by atoms with Crippen LogP contribution in [0.4, 0.5) is 4.39 Å². The van der Waals surface area contributed by atoms with Gasteiger partial charge in [-0.1, -0.05) is 12.1 Å². The maximum Gasteiger partial charge on any atom is 0.311 e. The summed E-state index contributed by atoms with van der Waals surface area (Å²) < 4.78 is 18.8. The average Bonchev–Trinajstić information content (AvgIpc) is 2.96. The number of rotatable bonds is 5. The van der Waals surface area contributed by atoms with E-state index in [-0.39, 0.29) is 18.2 Å². The molecule has 0 unspecified atom stereocenters. The number of carbonyl (C=O) groups is 1. The zero-order valence-electron chi connectivity index (χ0n) is 14.0. The fraction of sp³-hybridized carbons (Fsp3) is 0.211. The molecule has 0 bridgehead atoms. The zero-order valence-corrected chi connectivity index (χ0v) is 14.8. The monoisotopic (exact) mass is 356 g/mol. The molecule has 3 aromatic rings. The van der Waals surface area contributed by atoms with Crippen LogP contribution in [0.2, 0.25) is 0 Å². The number of hydrogen-bond donors (Lipinski definition) is 0. The summed E-state index contributed by atoms with van der Waals surface area (Å²) in [7, 11) is 0. The lowest BCUT2D eigenvalue weighted by Gasteiger charge is -2.03. The lowest BCUT2D eigenvalue weighted by Crippen LogP contribution is -2.08. The van der Waals surface area contributed by atoms with Crippen LogP contribution >= 0.6 is 11.3 Å². The summed E-state index contributed by atoms with van der Waals surface area (Å²) in [5.74, 6) is -0.583. The number of thiazole rings is 1. The van der Waals surface area contributed by atoms with E-state index in [9.17, 15) is 9.18 Å². The lowest BCUT2D eigenvalue weighted by atomic mass is 10.1. The Morgan fingerprint density at radius 3 is 2.72 bits per heavy atom. The largest absolute Gasteiger partial charge is 0.466 e. The van der Waals surface area contributed by atoms with Crippen molar-refractivity contribution in [1.82, 2.24) is 9.97 Å². The van der Waals surface area contributed by atoms with Crippen molar-refractivity contribution in [3.05, 3.63) is 59.0 Å². The third kappa shape index (κ3) is 3.91. The van der Waals surface area contributed by atoms with E-state index in [1.54, 1.807) is 37.4 Å². The molecule has 0 aliphatic rings. The van der Waals surface area contributed by atoms with Crippen LogP contribution < -0.4 is 0 Å². The number of nitrogens with zero attached hydrogens (tertiary/aromatic N) is 2. The van der Waals surface area contributed by atoms with Gasteiger partial charge in [0.1, 0.15) is 10.8 Å². The quantitative estimate of drug-likeness (QED) is 0.635. The number of ether oxygens (including phenoxy) is 1. The van der Waals surface area contributed by atoms with Crippen molar-refractivity contribution in [1.29, 1.82) is 0 Å². The van der Waals surface area contributed by atoms with Gasteiger partial charge < -0.3 is 4.74 Å². The summed E-state index contributed by atoms with van der Waals surface area (Å²) in [6, 6.07) is 10.2. The molecule has 1 aromatic carbocycles. The maximum atomic E-state index is 13.8. The Balaban J connectivity index is 1.83. The zero-order chi connectivity index (χ0) is 17.8. The molecule has 0 saturated heterocycles. The highest BCUT2D eigenvalue weighted by Crippen LogP contribution is 2.29. The first-order valence-corrected chi connectivity index (χ1v) is 8.73.